The number of nitrogen functional groups attached to an aromatic ring is 1. The normalized spacial score (nSPS) is 18.9. The predicted molar refractivity (Wildman–Crippen MR) is 79.1 cm³/mol. The second-order valence-electron chi connectivity index (χ2n) is 4.93. The molecule has 0 saturated carbocycles. The molecule has 5 heteroatoms. The molecule has 2 rings (SSSR count). The summed E-state index contributed by atoms with van der Waals surface area (Å²) >= 11 is 0. The van der Waals surface area contributed by atoms with Crippen LogP contribution in [0.25, 0.3) is 0 Å². The van der Waals surface area contributed by atoms with Crippen LogP contribution in [-0.4, -0.2) is 38.9 Å². The molecule has 5 nitrogen and oxygen atoms in total. The first-order valence-electron chi connectivity index (χ1n) is 7.00. The second-order valence-corrected chi connectivity index (χ2v) is 4.93. The van der Waals surface area contributed by atoms with Crippen molar-refractivity contribution in [2.45, 2.75) is 25.9 Å². The molecule has 2 N–H and O–H groups in total. The van der Waals surface area contributed by atoms with Crippen LogP contribution in [0.1, 0.15) is 30.1 Å². The molecule has 1 fully saturated rings. The van der Waals surface area contributed by atoms with Crippen LogP contribution in [0.5, 0.6) is 0 Å². The summed E-state index contributed by atoms with van der Waals surface area (Å²) in [6.07, 6.45) is 2.43. The van der Waals surface area contributed by atoms with Gasteiger partial charge in [0, 0.05) is 19.7 Å². The van der Waals surface area contributed by atoms with Gasteiger partial charge in [-0.05, 0) is 38.0 Å². The summed E-state index contributed by atoms with van der Waals surface area (Å²) in [4.78, 5) is 13.7. The first kappa shape index (κ1) is 14.7. The van der Waals surface area contributed by atoms with Gasteiger partial charge in [0.25, 0.3) is 0 Å². The Hall–Kier alpha value is -1.75. The van der Waals surface area contributed by atoms with Gasteiger partial charge in [-0.25, -0.2) is 4.79 Å². The van der Waals surface area contributed by atoms with E-state index in [1.807, 2.05) is 13.0 Å². The smallest absolute Gasteiger partial charge is 0.337 e. The van der Waals surface area contributed by atoms with Crippen LogP contribution < -0.4 is 10.6 Å². The number of hydrogen-bond acceptors (Lipinski definition) is 5. The van der Waals surface area contributed by atoms with E-state index in [1.54, 1.807) is 12.1 Å². The molecule has 0 spiro atoms. The van der Waals surface area contributed by atoms with Crippen molar-refractivity contribution in [2.24, 2.45) is 0 Å². The minimum atomic E-state index is -0.367. The van der Waals surface area contributed by atoms with Crippen molar-refractivity contribution < 1.29 is 14.3 Å². The molecule has 1 unspecified atom stereocenters. The number of carbonyl (C=O) groups excluding carboxylic acids is 1. The first-order valence-corrected chi connectivity index (χ1v) is 7.00. The van der Waals surface area contributed by atoms with E-state index in [-0.39, 0.29) is 12.1 Å². The van der Waals surface area contributed by atoms with Gasteiger partial charge in [-0.1, -0.05) is 0 Å². The van der Waals surface area contributed by atoms with E-state index in [4.69, 9.17) is 15.2 Å². The zero-order valence-corrected chi connectivity index (χ0v) is 12.1. The van der Waals surface area contributed by atoms with Gasteiger partial charge in [-0.15, -0.1) is 0 Å². The van der Waals surface area contributed by atoms with E-state index < -0.39 is 0 Å². The molecule has 1 aliphatic rings. The van der Waals surface area contributed by atoms with Crippen LogP contribution in [-0.2, 0) is 9.47 Å². The fraction of sp³-hybridized carbons (Fsp3) is 0.533. The highest BCUT2D eigenvalue weighted by atomic mass is 16.5. The highest BCUT2D eigenvalue weighted by Gasteiger charge is 2.22. The summed E-state index contributed by atoms with van der Waals surface area (Å²) in [5, 5.41) is 0. The van der Waals surface area contributed by atoms with Crippen molar-refractivity contribution in [1.82, 2.24) is 0 Å². The average Bonchev–Trinajstić information content (AvgIpc) is 2.47. The van der Waals surface area contributed by atoms with Gasteiger partial charge in [-0.3, -0.25) is 0 Å². The maximum atomic E-state index is 11.5. The molecule has 0 aromatic heterocycles. The SMILES string of the molecule is CCOC1CCCN(c2ccc(C(=O)OC)cc2N)C1. The van der Waals surface area contributed by atoms with E-state index in [0.29, 0.717) is 11.3 Å². The molecule has 1 saturated heterocycles. The number of nitrogens with zero attached hydrogens (tertiary/aromatic N) is 1. The molecule has 0 aliphatic carbocycles. The van der Waals surface area contributed by atoms with Crippen LogP contribution >= 0.6 is 0 Å². The molecule has 20 heavy (non-hydrogen) atoms. The molecule has 1 atom stereocenters. The average molecular weight is 278 g/mol. The monoisotopic (exact) mass is 278 g/mol. The maximum Gasteiger partial charge on any atom is 0.337 e. The van der Waals surface area contributed by atoms with E-state index in [1.165, 1.54) is 7.11 Å². The van der Waals surface area contributed by atoms with Gasteiger partial charge >= 0.3 is 5.97 Å². The van der Waals surface area contributed by atoms with E-state index >= 15 is 0 Å². The summed E-state index contributed by atoms with van der Waals surface area (Å²) < 4.78 is 10.4. The Labute approximate surface area is 119 Å². The van der Waals surface area contributed by atoms with Crippen molar-refractivity contribution in [3.8, 4) is 0 Å². The summed E-state index contributed by atoms with van der Waals surface area (Å²) in [7, 11) is 1.36. The van der Waals surface area contributed by atoms with Gasteiger partial charge in [0.15, 0.2) is 0 Å². The number of hydrogen-bond donors (Lipinski definition) is 1. The second kappa shape index (κ2) is 6.61. The molecule has 1 aromatic carbocycles. The highest BCUT2D eigenvalue weighted by Crippen LogP contribution is 2.28. The number of carbonyl (C=O) groups is 1. The largest absolute Gasteiger partial charge is 0.465 e. The Bertz CT molecular complexity index is 474. The van der Waals surface area contributed by atoms with Gasteiger partial charge in [0.1, 0.15) is 0 Å². The van der Waals surface area contributed by atoms with Crippen LogP contribution in [0.3, 0.4) is 0 Å². The zero-order valence-electron chi connectivity index (χ0n) is 12.1. The van der Waals surface area contributed by atoms with Crippen molar-refractivity contribution in [2.75, 3.05) is 37.4 Å². The molecule has 0 radical (unpaired) electrons. The Balaban J connectivity index is 2.14. The topological polar surface area (TPSA) is 64.8 Å². The lowest BCUT2D eigenvalue weighted by atomic mass is 10.1. The van der Waals surface area contributed by atoms with Crippen LogP contribution in [0, 0.1) is 0 Å². The Morgan fingerprint density at radius 1 is 1.50 bits per heavy atom. The lowest BCUT2D eigenvalue weighted by molar-refractivity contribution is 0.0526. The van der Waals surface area contributed by atoms with Crippen molar-refractivity contribution in [3.05, 3.63) is 23.8 Å². The molecule has 1 heterocycles. The maximum absolute atomic E-state index is 11.5. The first-order chi connectivity index (χ1) is 9.65. The van der Waals surface area contributed by atoms with Crippen molar-refractivity contribution in [1.29, 1.82) is 0 Å². The standard InChI is InChI=1S/C15H22N2O3/c1-3-20-12-5-4-8-17(10-12)14-7-6-11(9-13(14)16)15(18)19-2/h6-7,9,12H,3-5,8,10,16H2,1-2H3. The zero-order chi connectivity index (χ0) is 14.5. The third-order valence-electron chi connectivity index (χ3n) is 3.57. The van der Waals surface area contributed by atoms with Crippen molar-refractivity contribution >= 4 is 17.3 Å². The van der Waals surface area contributed by atoms with Crippen LogP contribution in [0.4, 0.5) is 11.4 Å². The molecule has 0 bridgehead atoms. The summed E-state index contributed by atoms with van der Waals surface area (Å²) in [6, 6.07) is 5.31. The number of ether oxygens (including phenoxy) is 2. The number of benzene rings is 1. The molecule has 110 valence electrons. The fourth-order valence-corrected chi connectivity index (χ4v) is 2.62. The summed E-state index contributed by atoms with van der Waals surface area (Å²) in [5.41, 5.74) is 8.11. The lowest BCUT2D eigenvalue weighted by Crippen LogP contribution is -2.40. The fourth-order valence-electron chi connectivity index (χ4n) is 2.62. The number of piperidine rings is 1. The molecule has 1 aliphatic heterocycles. The molecule has 1 aromatic rings. The third-order valence-corrected chi connectivity index (χ3v) is 3.57. The van der Waals surface area contributed by atoms with Gasteiger partial charge in [0.2, 0.25) is 0 Å². The minimum absolute atomic E-state index is 0.258. The summed E-state index contributed by atoms with van der Waals surface area (Å²) in [5.74, 6) is -0.367. The Morgan fingerprint density at radius 3 is 2.95 bits per heavy atom. The number of esters is 1. The minimum Gasteiger partial charge on any atom is -0.465 e. The van der Waals surface area contributed by atoms with E-state index in [0.717, 1.165) is 38.2 Å². The van der Waals surface area contributed by atoms with Crippen LogP contribution in [0.2, 0.25) is 0 Å². The number of nitrogens with two attached hydrogens (primary N) is 1. The highest BCUT2D eigenvalue weighted by molar-refractivity contribution is 5.92. The summed E-state index contributed by atoms with van der Waals surface area (Å²) in [6.45, 7) is 4.55. The van der Waals surface area contributed by atoms with E-state index in [9.17, 15) is 4.79 Å². The van der Waals surface area contributed by atoms with Gasteiger partial charge in [-0.2, -0.15) is 0 Å². The molecule has 0 amide bonds. The lowest BCUT2D eigenvalue weighted by Gasteiger charge is -2.34. The Morgan fingerprint density at radius 2 is 2.30 bits per heavy atom. The quantitative estimate of drug-likeness (QED) is 0.674. The van der Waals surface area contributed by atoms with Crippen molar-refractivity contribution in [3.63, 3.8) is 0 Å². The number of rotatable bonds is 4. The molecular weight excluding hydrogens is 256 g/mol. The number of methoxy groups -OCH3 is 1. The van der Waals surface area contributed by atoms with Gasteiger partial charge < -0.3 is 20.1 Å². The third kappa shape index (κ3) is 3.22. The molecular formula is C15H22N2O3. The Kier molecular flexibility index (Phi) is 4.84. The van der Waals surface area contributed by atoms with Crippen LogP contribution in [0.15, 0.2) is 18.2 Å². The van der Waals surface area contributed by atoms with E-state index in [2.05, 4.69) is 4.90 Å². The predicted octanol–water partition coefficient (Wildman–Crippen LogP) is 2.06. The number of anilines is 2. The van der Waals surface area contributed by atoms with Gasteiger partial charge in [0.05, 0.1) is 30.2 Å².